The first-order valence-electron chi connectivity index (χ1n) is 5.37. The molecule has 1 amide bonds. The molecule has 0 aliphatic heterocycles. The highest BCUT2D eigenvalue weighted by Crippen LogP contribution is 2.06. The van der Waals surface area contributed by atoms with Gasteiger partial charge in [-0.3, -0.25) is 9.00 Å². The second kappa shape index (κ2) is 6.49. The summed E-state index contributed by atoms with van der Waals surface area (Å²) in [5, 5.41) is 2.64. The first kappa shape index (κ1) is 13.8. The van der Waals surface area contributed by atoms with Gasteiger partial charge in [-0.05, 0) is 18.6 Å². The van der Waals surface area contributed by atoms with Crippen LogP contribution in [0.25, 0.3) is 0 Å². The van der Waals surface area contributed by atoms with Crippen LogP contribution in [0.3, 0.4) is 0 Å². The third-order valence-electron chi connectivity index (χ3n) is 2.52. The number of hydrogen-bond donors (Lipinski definition) is 1. The van der Waals surface area contributed by atoms with E-state index in [1.807, 2.05) is 6.92 Å². The fraction of sp³-hybridized carbons (Fsp3) is 0.417. The van der Waals surface area contributed by atoms with E-state index < -0.39 is 22.5 Å². The molecule has 17 heavy (non-hydrogen) atoms. The van der Waals surface area contributed by atoms with E-state index >= 15 is 0 Å². The van der Waals surface area contributed by atoms with Crippen LogP contribution < -0.4 is 5.32 Å². The summed E-state index contributed by atoms with van der Waals surface area (Å²) in [6, 6.07) is 5.83. The summed E-state index contributed by atoms with van der Waals surface area (Å²) in [4.78, 5) is 11.6. The number of halogens is 1. The standard InChI is InChI=1S/C12H16FNO2S/c1-9(17(2)16)7-8-14-12(15)10-5-3-4-6-11(10)13/h3-6,9H,7-8H2,1-2H3,(H,14,15). The van der Waals surface area contributed by atoms with Crippen LogP contribution in [0.5, 0.6) is 0 Å². The maximum atomic E-state index is 13.2. The molecule has 0 saturated carbocycles. The number of nitrogens with one attached hydrogen (secondary N) is 1. The Labute approximate surface area is 103 Å². The van der Waals surface area contributed by atoms with Crippen molar-refractivity contribution in [2.75, 3.05) is 12.8 Å². The van der Waals surface area contributed by atoms with E-state index in [0.29, 0.717) is 13.0 Å². The summed E-state index contributed by atoms with van der Waals surface area (Å²) in [6.45, 7) is 2.25. The SMILES string of the molecule is CC(CCNC(=O)c1ccccc1F)S(C)=O. The van der Waals surface area contributed by atoms with Gasteiger partial charge in [-0.2, -0.15) is 0 Å². The number of hydrogen-bond acceptors (Lipinski definition) is 2. The summed E-state index contributed by atoms with van der Waals surface area (Å²) in [5.74, 6) is -0.964. The van der Waals surface area contributed by atoms with Gasteiger partial charge in [0.2, 0.25) is 0 Å². The van der Waals surface area contributed by atoms with Gasteiger partial charge in [0, 0.05) is 28.9 Å². The molecule has 3 nitrogen and oxygen atoms in total. The summed E-state index contributed by atoms with van der Waals surface area (Å²) >= 11 is 0. The quantitative estimate of drug-likeness (QED) is 0.873. The lowest BCUT2D eigenvalue weighted by molar-refractivity contribution is 0.0949. The summed E-state index contributed by atoms with van der Waals surface area (Å²) < 4.78 is 24.3. The molecule has 1 aromatic carbocycles. The molecule has 94 valence electrons. The van der Waals surface area contributed by atoms with Crippen LogP contribution >= 0.6 is 0 Å². The third-order valence-corrected chi connectivity index (χ3v) is 3.89. The van der Waals surface area contributed by atoms with Gasteiger partial charge in [0.05, 0.1) is 5.56 Å². The predicted octanol–water partition coefficient (Wildman–Crippen LogP) is 1.71. The lowest BCUT2D eigenvalue weighted by atomic mass is 10.2. The number of benzene rings is 1. The lowest BCUT2D eigenvalue weighted by Gasteiger charge is -2.09. The minimum atomic E-state index is -0.899. The van der Waals surface area contributed by atoms with Gasteiger partial charge in [-0.1, -0.05) is 19.1 Å². The maximum Gasteiger partial charge on any atom is 0.254 e. The Hall–Kier alpha value is -1.23. The van der Waals surface area contributed by atoms with Crippen molar-refractivity contribution in [2.24, 2.45) is 0 Å². The fourth-order valence-corrected chi connectivity index (χ4v) is 1.75. The molecule has 1 N–H and O–H groups in total. The first-order chi connectivity index (χ1) is 8.02. The van der Waals surface area contributed by atoms with Crippen molar-refractivity contribution in [3.63, 3.8) is 0 Å². The van der Waals surface area contributed by atoms with Crippen molar-refractivity contribution in [3.05, 3.63) is 35.6 Å². The maximum absolute atomic E-state index is 13.2. The minimum Gasteiger partial charge on any atom is -0.352 e. The van der Waals surface area contributed by atoms with E-state index in [0.717, 1.165) is 0 Å². The molecule has 0 spiro atoms. The smallest absolute Gasteiger partial charge is 0.254 e. The zero-order valence-electron chi connectivity index (χ0n) is 9.90. The highest BCUT2D eigenvalue weighted by molar-refractivity contribution is 7.84. The molecule has 0 fully saturated rings. The minimum absolute atomic E-state index is 0.0240. The highest BCUT2D eigenvalue weighted by atomic mass is 32.2. The normalized spacial score (nSPS) is 14.1. The molecule has 0 bridgehead atoms. The molecule has 0 aromatic heterocycles. The molecule has 0 heterocycles. The largest absolute Gasteiger partial charge is 0.352 e. The van der Waals surface area contributed by atoms with Gasteiger partial charge < -0.3 is 5.32 Å². The number of amides is 1. The summed E-state index contributed by atoms with van der Waals surface area (Å²) in [7, 11) is -0.899. The predicted molar refractivity (Wildman–Crippen MR) is 66.9 cm³/mol. The average Bonchev–Trinajstić information content (AvgIpc) is 2.29. The van der Waals surface area contributed by atoms with Crippen LogP contribution in [0.1, 0.15) is 23.7 Å². The van der Waals surface area contributed by atoms with Gasteiger partial charge in [0.15, 0.2) is 0 Å². The van der Waals surface area contributed by atoms with Gasteiger partial charge in [0.1, 0.15) is 5.82 Å². The Morgan fingerprint density at radius 3 is 2.71 bits per heavy atom. The van der Waals surface area contributed by atoms with Crippen LogP contribution in [-0.2, 0) is 10.8 Å². The molecule has 0 aliphatic rings. The number of carbonyl (C=O) groups excluding carboxylic acids is 1. The molecule has 2 unspecified atom stereocenters. The van der Waals surface area contributed by atoms with Crippen LogP contribution in [0, 0.1) is 5.82 Å². The summed E-state index contributed by atoms with van der Waals surface area (Å²) in [6.07, 6.45) is 2.24. The van der Waals surface area contributed by atoms with E-state index in [9.17, 15) is 13.4 Å². The van der Waals surface area contributed by atoms with Crippen molar-refractivity contribution in [1.29, 1.82) is 0 Å². The molecule has 1 rings (SSSR count). The van der Waals surface area contributed by atoms with Gasteiger partial charge >= 0.3 is 0 Å². The zero-order chi connectivity index (χ0) is 12.8. The van der Waals surface area contributed by atoms with Gasteiger partial charge in [-0.15, -0.1) is 0 Å². The van der Waals surface area contributed by atoms with Crippen molar-refractivity contribution in [2.45, 2.75) is 18.6 Å². The van der Waals surface area contributed by atoms with Gasteiger partial charge in [0.25, 0.3) is 5.91 Å². The third kappa shape index (κ3) is 4.26. The molecule has 5 heteroatoms. The average molecular weight is 257 g/mol. The molecular formula is C12H16FNO2S. The van der Waals surface area contributed by atoms with Crippen LogP contribution in [0.4, 0.5) is 4.39 Å². The second-order valence-corrected chi connectivity index (χ2v) is 5.64. The molecule has 0 aliphatic carbocycles. The Kier molecular flexibility index (Phi) is 5.28. The monoisotopic (exact) mass is 257 g/mol. The van der Waals surface area contributed by atoms with Crippen LogP contribution in [0.2, 0.25) is 0 Å². The van der Waals surface area contributed by atoms with Crippen molar-refractivity contribution < 1.29 is 13.4 Å². The van der Waals surface area contributed by atoms with Gasteiger partial charge in [-0.25, -0.2) is 4.39 Å². The fourth-order valence-electron chi connectivity index (χ4n) is 1.30. The van der Waals surface area contributed by atoms with Crippen LogP contribution in [0.15, 0.2) is 24.3 Å². The molecule has 0 saturated heterocycles. The van der Waals surface area contributed by atoms with E-state index in [1.54, 1.807) is 12.3 Å². The number of rotatable bonds is 5. The van der Waals surface area contributed by atoms with Crippen molar-refractivity contribution in [3.8, 4) is 0 Å². The summed E-state index contributed by atoms with van der Waals surface area (Å²) in [5.41, 5.74) is 0.0396. The molecule has 2 atom stereocenters. The van der Waals surface area contributed by atoms with E-state index in [2.05, 4.69) is 5.32 Å². The Morgan fingerprint density at radius 2 is 2.12 bits per heavy atom. The topological polar surface area (TPSA) is 46.2 Å². The Balaban J connectivity index is 2.46. The zero-order valence-corrected chi connectivity index (χ0v) is 10.7. The molecule has 1 aromatic rings. The Bertz CT molecular complexity index is 423. The second-order valence-electron chi connectivity index (χ2n) is 3.83. The van der Waals surface area contributed by atoms with Crippen LogP contribution in [-0.4, -0.2) is 28.2 Å². The lowest BCUT2D eigenvalue weighted by Crippen LogP contribution is -2.28. The molecular weight excluding hydrogens is 241 g/mol. The van der Waals surface area contributed by atoms with Crippen molar-refractivity contribution >= 4 is 16.7 Å². The highest BCUT2D eigenvalue weighted by Gasteiger charge is 2.11. The Morgan fingerprint density at radius 1 is 1.47 bits per heavy atom. The van der Waals surface area contributed by atoms with E-state index in [4.69, 9.17) is 0 Å². The van der Waals surface area contributed by atoms with E-state index in [-0.39, 0.29) is 10.8 Å². The first-order valence-corrected chi connectivity index (χ1v) is 6.99. The van der Waals surface area contributed by atoms with E-state index in [1.165, 1.54) is 18.2 Å². The van der Waals surface area contributed by atoms with Crippen molar-refractivity contribution in [1.82, 2.24) is 5.32 Å². The molecule has 0 radical (unpaired) electrons. The number of carbonyl (C=O) groups is 1.